The monoisotopic (exact) mass is 278 g/mol. The molecule has 0 aromatic carbocycles. The number of aromatic nitrogens is 1. The molecule has 114 valence electrons. The molecular formula is C16H30N4. The van der Waals surface area contributed by atoms with Crippen LogP contribution in [-0.2, 0) is 13.1 Å². The van der Waals surface area contributed by atoms with Crippen LogP contribution in [0.15, 0.2) is 18.5 Å². The van der Waals surface area contributed by atoms with Crippen molar-refractivity contribution >= 4 is 0 Å². The second-order valence-corrected chi connectivity index (χ2v) is 6.56. The third kappa shape index (κ3) is 4.08. The summed E-state index contributed by atoms with van der Waals surface area (Å²) in [5.41, 5.74) is 1.61. The van der Waals surface area contributed by atoms with Crippen LogP contribution in [0.4, 0.5) is 0 Å². The Morgan fingerprint density at radius 1 is 1.20 bits per heavy atom. The molecule has 1 saturated heterocycles. The van der Waals surface area contributed by atoms with Crippen LogP contribution >= 0.6 is 0 Å². The lowest BCUT2D eigenvalue weighted by atomic mass is 10.0. The summed E-state index contributed by atoms with van der Waals surface area (Å²) in [4.78, 5) is 5.02. The molecule has 20 heavy (non-hydrogen) atoms. The molecule has 1 aliphatic heterocycles. The van der Waals surface area contributed by atoms with Crippen molar-refractivity contribution in [3.05, 3.63) is 24.0 Å². The number of hydrogen-bond donors (Lipinski definition) is 1. The summed E-state index contributed by atoms with van der Waals surface area (Å²) in [6.07, 6.45) is 4.39. The van der Waals surface area contributed by atoms with Gasteiger partial charge in [-0.3, -0.25) is 4.90 Å². The van der Waals surface area contributed by atoms with Gasteiger partial charge < -0.3 is 14.8 Å². The first-order valence-corrected chi connectivity index (χ1v) is 7.80. The van der Waals surface area contributed by atoms with Crippen LogP contribution in [0.2, 0.25) is 0 Å². The molecule has 0 saturated carbocycles. The highest BCUT2D eigenvalue weighted by Crippen LogP contribution is 2.16. The zero-order chi connectivity index (χ0) is 14.6. The number of nitrogens with zero attached hydrogens (tertiary/aromatic N) is 3. The molecular weight excluding hydrogens is 248 g/mol. The zero-order valence-corrected chi connectivity index (χ0v) is 13.5. The van der Waals surface area contributed by atoms with E-state index in [4.69, 9.17) is 0 Å². The highest BCUT2D eigenvalue weighted by atomic mass is 15.3. The number of nitrogens with one attached hydrogen (secondary N) is 1. The van der Waals surface area contributed by atoms with Crippen LogP contribution in [0, 0.1) is 0 Å². The van der Waals surface area contributed by atoms with Crippen LogP contribution in [0.25, 0.3) is 0 Å². The van der Waals surface area contributed by atoms with Gasteiger partial charge in [0.2, 0.25) is 0 Å². The molecule has 2 heterocycles. The van der Waals surface area contributed by atoms with E-state index in [1.54, 1.807) is 0 Å². The van der Waals surface area contributed by atoms with Gasteiger partial charge in [-0.15, -0.1) is 0 Å². The van der Waals surface area contributed by atoms with E-state index >= 15 is 0 Å². The molecule has 0 atom stereocenters. The molecule has 0 amide bonds. The second kappa shape index (κ2) is 6.74. The minimum Gasteiger partial charge on any atom is -0.354 e. The van der Waals surface area contributed by atoms with Gasteiger partial charge >= 0.3 is 0 Å². The molecule has 1 N–H and O–H groups in total. The van der Waals surface area contributed by atoms with E-state index in [0.29, 0.717) is 0 Å². The molecule has 1 fully saturated rings. The Kier molecular flexibility index (Phi) is 5.24. The predicted molar refractivity (Wildman–Crippen MR) is 85.0 cm³/mol. The van der Waals surface area contributed by atoms with E-state index < -0.39 is 0 Å². The summed E-state index contributed by atoms with van der Waals surface area (Å²) in [6.45, 7) is 14.6. The Bertz CT molecular complexity index is 402. The maximum Gasteiger partial charge on any atom is 0.0278 e. The van der Waals surface area contributed by atoms with Crippen LogP contribution in [-0.4, -0.2) is 59.7 Å². The summed E-state index contributed by atoms with van der Waals surface area (Å²) in [7, 11) is 2.21. The van der Waals surface area contributed by atoms with Gasteiger partial charge in [-0.05, 0) is 39.4 Å². The van der Waals surface area contributed by atoms with Gasteiger partial charge in [-0.2, -0.15) is 0 Å². The first-order valence-electron chi connectivity index (χ1n) is 7.80. The summed E-state index contributed by atoms with van der Waals surface area (Å²) >= 11 is 0. The lowest BCUT2D eigenvalue weighted by Crippen LogP contribution is -2.57. The molecule has 0 unspecified atom stereocenters. The first kappa shape index (κ1) is 15.5. The number of likely N-dealkylation sites (N-methyl/N-ethyl adjacent to an activating group) is 1. The largest absolute Gasteiger partial charge is 0.354 e. The minimum absolute atomic E-state index is 0.231. The standard InChI is InChI=1S/C16H30N4/c1-5-19-7-6-15(13-19)12-17-14-16(2,3)20-10-8-18(4)9-11-20/h6-7,13,17H,5,8-12,14H2,1-4H3. The predicted octanol–water partition coefficient (Wildman–Crippen LogP) is 1.62. The highest BCUT2D eigenvalue weighted by Gasteiger charge is 2.28. The fourth-order valence-electron chi connectivity index (χ4n) is 2.83. The molecule has 1 aromatic heterocycles. The van der Waals surface area contributed by atoms with Gasteiger partial charge in [-0.25, -0.2) is 0 Å². The van der Waals surface area contributed by atoms with E-state index in [1.165, 1.54) is 31.7 Å². The van der Waals surface area contributed by atoms with Crippen LogP contribution in [0.1, 0.15) is 26.3 Å². The molecule has 0 aliphatic carbocycles. The molecule has 0 bridgehead atoms. The van der Waals surface area contributed by atoms with Crippen LogP contribution in [0.3, 0.4) is 0 Å². The van der Waals surface area contributed by atoms with Gasteiger partial charge in [0.05, 0.1) is 0 Å². The Morgan fingerprint density at radius 2 is 1.90 bits per heavy atom. The average Bonchev–Trinajstić information content (AvgIpc) is 2.87. The Balaban J connectivity index is 1.77. The van der Waals surface area contributed by atoms with Crippen LogP contribution in [0.5, 0.6) is 0 Å². The Morgan fingerprint density at radius 3 is 2.50 bits per heavy atom. The second-order valence-electron chi connectivity index (χ2n) is 6.56. The summed E-state index contributed by atoms with van der Waals surface area (Å²) in [5, 5.41) is 3.62. The number of rotatable bonds is 6. The molecule has 2 rings (SSSR count). The maximum atomic E-state index is 3.62. The number of piperazine rings is 1. The average molecular weight is 278 g/mol. The van der Waals surface area contributed by atoms with Crippen molar-refractivity contribution in [3.8, 4) is 0 Å². The molecule has 0 radical (unpaired) electrons. The molecule has 1 aliphatic rings. The van der Waals surface area contributed by atoms with Crippen LogP contribution < -0.4 is 5.32 Å². The van der Waals surface area contributed by atoms with Crippen molar-refractivity contribution in [2.24, 2.45) is 0 Å². The van der Waals surface area contributed by atoms with E-state index in [0.717, 1.165) is 19.6 Å². The van der Waals surface area contributed by atoms with E-state index in [2.05, 4.69) is 66.0 Å². The van der Waals surface area contributed by atoms with Crippen molar-refractivity contribution in [2.45, 2.75) is 39.4 Å². The summed E-state index contributed by atoms with van der Waals surface area (Å²) in [6, 6.07) is 2.21. The number of aryl methyl sites for hydroxylation is 1. The van der Waals surface area contributed by atoms with Gasteiger partial charge in [0.1, 0.15) is 0 Å². The van der Waals surface area contributed by atoms with E-state index in [-0.39, 0.29) is 5.54 Å². The maximum absolute atomic E-state index is 3.62. The zero-order valence-electron chi connectivity index (χ0n) is 13.5. The molecule has 4 heteroatoms. The normalized spacial score (nSPS) is 18.6. The van der Waals surface area contributed by atoms with Gasteiger partial charge in [0.15, 0.2) is 0 Å². The molecule has 4 nitrogen and oxygen atoms in total. The van der Waals surface area contributed by atoms with E-state index in [1.807, 2.05) is 0 Å². The van der Waals surface area contributed by atoms with Gasteiger partial charge in [0, 0.05) is 63.7 Å². The van der Waals surface area contributed by atoms with Crippen molar-refractivity contribution in [2.75, 3.05) is 39.8 Å². The lowest BCUT2D eigenvalue weighted by Gasteiger charge is -2.43. The van der Waals surface area contributed by atoms with Gasteiger partial charge in [0.25, 0.3) is 0 Å². The smallest absolute Gasteiger partial charge is 0.0278 e. The Labute approximate surface area is 123 Å². The first-order chi connectivity index (χ1) is 9.51. The lowest BCUT2D eigenvalue weighted by molar-refractivity contribution is 0.0618. The minimum atomic E-state index is 0.231. The third-order valence-corrected chi connectivity index (χ3v) is 4.42. The fraction of sp³-hybridized carbons (Fsp3) is 0.750. The highest BCUT2D eigenvalue weighted by molar-refractivity contribution is 5.10. The van der Waals surface area contributed by atoms with Crippen molar-refractivity contribution in [3.63, 3.8) is 0 Å². The number of hydrogen-bond acceptors (Lipinski definition) is 3. The van der Waals surface area contributed by atoms with Crippen molar-refractivity contribution < 1.29 is 0 Å². The van der Waals surface area contributed by atoms with Crippen molar-refractivity contribution in [1.82, 2.24) is 19.7 Å². The fourth-order valence-corrected chi connectivity index (χ4v) is 2.83. The topological polar surface area (TPSA) is 23.4 Å². The molecule has 0 spiro atoms. The summed E-state index contributed by atoms with van der Waals surface area (Å²) < 4.78 is 2.22. The molecule has 1 aromatic rings. The third-order valence-electron chi connectivity index (χ3n) is 4.42. The Hall–Kier alpha value is -0.840. The SMILES string of the molecule is CCn1ccc(CNCC(C)(C)N2CCN(C)CC2)c1. The summed E-state index contributed by atoms with van der Waals surface area (Å²) in [5.74, 6) is 0. The van der Waals surface area contributed by atoms with Gasteiger partial charge in [-0.1, -0.05) is 0 Å². The van der Waals surface area contributed by atoms with Crippen molar-refractivity contribution in [1.29, 1.82) is 0 Å². The quantitative estimate of drug-likeness (QED) is 0.855. The van der Waals surface area contributed by atoms with E-state index in [9.17, 15) is 0 Å².